The van der Waals surface area contributed by atoms with Gasteiger partial charge in [-0.15, -0.1) is 0 Å². The molecule has 1 heterocycles. The van der Waals surface area contributed by atoms with Gasteiger partial charge in [-0.2, -0.15) is 0 Å². The van der Waals surface area contributed by atoms with Crippen LogP contribution in [0, 0.1) is 0 Å². The van der Waals surface area contributed by atoms with Gasteiger partial charge in [0.1, 0.15) is 0 Å². The first kappa shape index (κ1) is 18.9. The summed E-state index contributed by atoms with van der Waals surface area (Å²) in [6, 6.07) is 8.83. The number of rotatable bonds is 7. The minimum absolute atomic E-state index is 0.131. The Morgan fingerprint density at radius 2 is 1.84 bits per heavy atom. The lowest BCUT2D eigenvalue weighted by Gasteiger charge is -2.16. The van der Waals surface area contributed by atoms with Gasteiger partial charge < -0.3 is 10.2 Å². The van der Waals surface area contributed by atoms with Crippen LogP contribution in [-0.2, 0) is 6.54 Å². The lowest BCUT2D eigenvalue weighted by atomic mass is 10.1. The van der Waals surface area contributed by atoms with Gasteiger partial charge in [0.15, 0.2) is 0 Å². The molecule has 0 unspecified atom stereocenters. The molecule has 0 aliphatic carbocycles. The van der Waals surface area contributed by atoms with E-state index in [2.05, 4.69) is 17.2 Å². The Kier molecular flexibility index (Phi) is 6.95. The summed E-state index contributed by atoms with van der Waals surface area (Å²) < 4.78 is 0. The lowest BCUT2D eigenvalue weighted by Crippen LogP contribution is -2.28. The first-order valence-corrected chi connectivity index (χ1v) is 8.62. The van der Waals surface area contributed by atoms with Crippen molar-refractivity contribution in [2.24, 2.45) is 0 Å². The summed E-state index contributed by atoms with van der Waals surface area (Å²) in [5.41, 5.74) is 1.72. The summed E-state index contributed by atoms with van der Waals surface area (Å²) in [7, 11) is 1.76. The molecule has 6 heteroatoms. The number of carbonyl (C=O) groups excluding carboxylic acids is 2. The third-order valence-corrected chi connectivity index (χ3v) is 4.06. The number of hydrogen-bond donors (Lipinski definition) is 1. The van der Waals surface area contributed by atoms with Crippen molar-refractivity contribution in [3.63, 3.8) is 0 Å². The van der Waals surface area contributed by atoms with Crippen LogP contribution in [0.1, 0.15) is 46.0 Å². The number of hydrogen-bond acceptors (Lipinski definition) is 3. The number of amides is 2. The fourth-order valence-corrected chi connectivity index (χ4v) is 2.41. The molecule has 0 aliphatic rings. The summed E-state index contributed by atoms with van der Waals surface area (Å²) in [6.45, 7) is 3.14. The maximum absolute atomic E-state index is 12.4. The predicted molar refractivity (Wildman–Crippen MR) is 98.7 cm³/mol. The van der Waals surface area contributed by atoms with Crippen LogP contribution in [0.2, 0.25) is 5.02 Å². The second kappa shape index (κ2) is 9.18. The Morgan fingerprint density at radius 1 is 1.16 bits per heavy atom. The van der Waals surface area contributed by atoms with Crippen LogP contribution in [0.4, 0.5) is 0 Å². The Bertz CT molecular complexity index is 732. The fourth-order valence-electron chi connectivity index (χ4n) is 2.28. The van der Waals surface area contributed by atoms with Crippen LogP contribution in [0.25, 0.3) is 0 Å². The van der Waals surface area contributed by atoms with Gasteiger partial charge >= 0.3 is 0 Å². The average Bonchev–Trinajstić information content (AvgIpc) is 2.64. The molecule has 0 spiro atoms. The summed E-state index contributed by atoms with van der Waals surface area (Å²) in [4.78, 5) is 30.4. The highest BCUT2D eigenvalue weighted by Crippen LogP contribution is 2.10. The molecule has 1 aromatic heterocycles. The van der Waals surface area contributed by atoms with Crippen molar-refractivity contribution < 1.29 is 9.59 Å². The largest absolute Gasteiger partial charge is 0.348 e. The second-order valence-electron chi connectivity index (χ2n) is 5.85. The molecule has 0 fully saturated rings. The predicted octanol–water partition coefficient (Wildman–Crippen LogP) is 3.54. The van der Waals surface area contributed by atoms with E-state index in [4.69, 9.17) is 11.6 Å². The maximum Gasteiger partial charge on any atom is 0.255 e. The first-order valence-electron chi connectivity index (χ1n) is 8.24. The van der Waals surface area contributed by atoms with Gasteiger partial charge in [-0.25, -0.2) is 0 Å². The highest BCUT2D eigenvalue weighted by molar-refractivity contribution is 6.30. The molecule has 5 nitrogen and oxygen atoms in total. The summed E-state index contributed by atoms with van der Waals surface area (Å²) in [6.07, 6.45) is 4.90. The number of nitrogens with one attached hydrogen (secondary N) is 1. The average molecular weight is 360 g/mol. The summed E-state index contributed by atoms with van der Waals surface area (Å²) in [5, 5.41) is 3.47. The van der Waals surface area contributed by atoms with Crippen LogP contribution in [0.5, 0.6) is 0 Å². The zero-order chi connectivity index (χ0) is 18.2. The zero-order valence-corrected chi connectivity index (χ0v) is 15.2. The van der Waals surface area contributed by atoms with Crippen molar-refractivity contribution in [2.75, 3.05) is 13.6 Å². The van der Waals surface area contributed by atoms with Gasteiger partial charge in [0.05, 0.1) is 11.1 Å². The normalized spacial score (nSPS) is 10.4. The molecule has 0 bridgehead atoms. The molecule has 1 N–H and O–H groups in total. The molecule has 2 rings (SSSR count). The maximum atomic E-state index is 12.4. The van der Waals surface area contributed by atoms with Crippen molar-refractivity contribution >= 4 is 23.4 Å². The molecule has 2 aromatic rings. The molecule has 0 atom stereocenters. The Hall–Kier alpha value is -2.40. The first-order chi connectivity index (χ1) is 12.0. The van der Waals surface area contributed by atoms with E-state index in [1.807, 2.05) is 12.1 Å². The minimum atomic E-state index is -0.270. The molecule has 1 aromatic carbocycles. The Labute approximate surface area is 153 Å². The van der Waals surface area contributed by atoms with E-state index < -0.39 is 0 Å². The highest BCUT2D eigenvalue weighted by atomic mass is 35.5. The molecule has 0 aliphatic heterocycles. The van der Waals surface area contributed by atoms with Gasteiger partial charge in [-0.05, 0) is 30.2 Å². The molecule has 0 radical (unpaired) electrons. The van der Waals surface area contributed by atoms with Crippen molar-refractivity contribution in [1.29, 1.82) is 0 Å². The summed E-state index contributed by atoms with van der Waals surface area (Å²) in [5.74, 6) is -0.401. The van der Waals surface area contributed by atoms with Gasteiger partial charge in [0, 0.05) is 37.6 Å². The van der Waals surface area contributed by atoms with Crippen molar-refractivity contribution in [2.45, 2.75) is 26.3 Å². The van der Waals surface area contributed by atoms with Crippen LogP contribution in [0.3, 0.4) is 0 Å². The molecular formula is C19H22ClN3O2. The lowest BCUT2D eigenvalue weighted by molar-refractivity contribution is 0.0793. The topological polar surface area (TPSA) is 62.3 Å². The SMILES string of the molecule is CCCCN(C)C(=O)c1cncc(C(=O)NCc2ccc(Cl)cc2)c1. The standard InChI is InChI=1S/C19H22ClN3O2/c1-3-4-9-23(2)19(25)16-10-15(12-21-13-16)18(24)22-11-14-5-7-17(20)8-6-14/h5-8,10,12-13H,3-4,9,11H2,1-2H3,(H,22,24). The van der Waals surface area contributed by atoms with E-state index in [-0.39, 0.29) is 11.8 Å². The van der Waals surface area contributed by atoms with Crippen LogP contribution in [-0.4, -0.2) is 35.3 Å². The molecule has 2 amide bonds. The number of pyridine rings is 1. The van der Waals surface area contributed by atoms with Crippen LogP contribution in [0.15, 0.2) is 42.7 Å². The monoisotopic (exact) mass is 359 g/mol. The molecule has 0 saturated heterocycles. The Balaban J connectivity index is 2.00. The number of benzene rings is 1. The third kappa shape index (κ3) is 5.57. The smallest absolute Gasteiger partial charge is 0.255 e. The van der Waals surface area contributed by atoms with Crippen molar-refractivity contribution in [3.05, 3.63) is 64.4 Å². The number of halogens is 1. The van der Waals surface area contributed by atoms with Gasteiger partial charge in [-0.1, -0.05) is 37.1 Å². The van der Waals surface area contributed by atoms with Gasteiger partial charge in [0.2, 0.25) is 0 Å². The molecule has 25 heavy (non-hydrogen) atoms. The minimum Gasteiger partial charge on any atom is -0.348 e. The summed E-state index contributed by atoms with van der Waals surface area (Å²) >= 11 is 5.84. The van der Waals surface area contributed by atoms with E-state index in [9.17, 15) is 9.59 Å². The van der Waals surface area contributed by atoms with E-state index in [0.29, 0.717) is 29.2 Å². The van der Waals surface area contributed by atoms with E-state index in [1.165, 1.54) is 12.4 Å². The van der Waals surface area contributed by atoms with Crippen LogP contribution >= 0.6 is 11.6 Å². The quantitative estimate of drug-likeness (QED) is 0.822. The number of unbranched alkanes of at least 4 members (excludes halogenated alkanes) is 1. The molecule has 132 valence electrons. The van der Waals surface area contributed by atoms with E-state index in [1.54, 1.807) is 30.1 Å². The molecule has 0 saturated carbocycles. The van der Waals surface area contributed by atoms with E-state index in [0.717, 1.165) is 18.4 Å². The van der Waals surface area contributed by atoms with Gasteiger partial charge in [0.25, 0.3) is 11.8 Å². The third-order valence-electron chi connectivity index (χ3n) is 3.81. The zero-order valence-electron chi connectivity index (χ0n) is 14.5. The Morgan fingerprint density at radius 3 is 2.52 bits per heavy atom. The van der Waals surface area contributed by atoms with Crippen molar-refractivity contribution in [3.8, 4) is 0 Å². The highest BCUT2D eigenvalue weighted by Gasteiger charge is 2.14. The number of aromatic nitrogens is 1. The van der Waals surface area contributed by atoms with E-state index >= 15 is 0 Å². The van der Waals surface area contributed by atoms with Crippen LogP contribution < -0.4 is 5.32 Å². The fraction of sp³-hybridized carbons (Fsp3) is 0.316. The second-order valence-corrected chi connectivity index (χ2v) is 6.29. The number of nitrogens with zero attached hydrogens (tertiary/aromatic N) is 2. The van der Waals surface area contributed by atoms with Crippen molar-refractivity contribution in [1.82, 2.24) is 15.2 Å². The van der Waals surface area contributed by atoms with Gasteiger partial charge in [-0.3, -0.25) is 14.6 Å². The number of carbonyl (C=O) groups is 2. The molecular weight excluding hydrogens is 338 g/mol.